The Morgan fingerprint density at radius 2 is 1.88 bits per heavy atom. The van der Waals surface area contributed by atoms with Crippen molar-refractivity contribution in [1.29, 1.82) is 0 Å². The van der Waals surface area contributed by atoms with Crippen LogP contribution in [0.3, 0.4) is 0 Å². The summed E-state index contributed by atoms with van der Waals surface area (Å²) >= 11 is 12.0. The summed E-state index contributed by atoms with van der Waals surface area (Å²) in [7, 11) is 0. The first-order chi connectivity index (χ1) is 8.15. The lowest BCUT2D eigenvalue weighted by atomic mass is 10.2. The molecule has 0 radical (unpaired) electrons. The first-order valence-electron chi connectivity index (χ1n) is 5.32. The fourth-order valence-electron chi connectivity index (χ4n) is 1.66. The van der Waals surface area contributed by atoms with Gasteiger partial charge in [0.1, 0.15) is 5.82 Å². The molecule has 88 valence electrons. The molecule has 4 nitrogen and oxygen atoms in total. The van der Waals surface area contributed by atoms with Crippen LogP contribution in [0.2, 0.25) is 10.0 Å². The SMILES string of the molecule is Nc1c(Cl)cc(-c2n[nH]c(C3CC3)n2)cc1Cl. The second-order valence-electron chi connectivity index (χ2n) is 4.17. The van der Waals surface area contributed by atoms with Crippen molar-refractivity contribution in [2.45, 2.75) is 18.8 Å². The first kappa shape index (κ1) is 10.9. The lowest BCUT2D eigenvalue weighted by molar-refractivity contribution is 0.935. The van der Waals surface area contributed by atoms with Crippen LogP contribution in [0.4, 0.5) is 5.69 Å². The maximum absolute atomic E-state index is 5.98. The van der Waals surface area contributed by atoms with Crippen LogP contribution in [-0.4, -0.2) is 15.2 Å². The Labute approximate surface area is 108 Å². The number of H-pyrrole nitrogens is 1. The monoisotopic (exact) mass is 268 g/mol. The highest BCUT2D eigenvalue weighted by atomic mass is 35.5. The van der Waals surface area contributed by atoms with E-state index in [2.05, 4.69) is 15.2 Å². The smallest absolute Gasteiger partial charge is 0.181 e. The number of anilines is 1. The molecule has 1 heterocycles. The van der Waals surface area contributed by atoms with E-state index in [0.29, 0.717) is 27.5 Å². The summed E-state index contributed by atoms with van der Waals surface area (Å²) in [4.78, 5) is 4.43. The average molecular weight is 269 g/mol. The maximum Gasteiger partial charge on any atom is 0.181 e. The van der Waals surface area contributed by atoms with Gasteiger partial charge in [-0.15, -0.1) is 0 Å². The van der Waals surface area contributed by atoms with E-state index in [1.807, 2.05) is 0 Å². The number of aromatic amines is 1. The van der Waals surface area contributed by atoms with Gasteiger partial charge in [0.25, 0.3) is 0 Å². The van der Waals surface area contributed by atoms with Gasteiger partial charge in [0.2, 0.25) is 0 Å². The van der Waals surface area contributed by atoms with Crippen molar-refractivity contribution < 1.29 is 0 Å². The van der Waals surface area contributed by atoms with E-state index < -0.39 is 0 Å². The van der Waals surface area contributed by atoms with Crippen molar-refractivity contribution in [2.75, 3.05) is 5.73 Å². The molecule has 1 aromatic carbocycles. The topological polar surface area (TPSA) is 67.6 Å². The fourth-order valence-corrected chi connectivity index (χ4v) is 2.14. The van der Waals surface area contributed by atoms with E-state index in [4.69, 9.17) is 28.9 Å². The molecule has 3 N–H and O–H groups in total. The molecular formula is C11H10Cl2N4. The molecule has 1 aliphatic carbocycles. The molecule has 0 unspecified atom stereocenters. The molecule has 1 fully saturated rings. The standard InChI is InChI=1S/C11H10Cl2N4/c12-7-3-6(4-8(13)9(7)14)11-15-10(16-17-11)5-1-2-5/h3-5H,1-2,14H2,(H,15,16,17). The molecule has 0 aliphatic heterocycles. The lowest BCUT2D eigenvalue weighted by Crippen LogP contribution is -1.90. The van der Waals surface area contributed by atoms with Crippen LogP contribution in [0.5, 0.6) is 0 Å². The summed E-state index contributed by atoms with van der Waals surface area (Å²) in [5.74, 6) is 2.08. The minimum Gasteiger partial charge on any atom is -0.396 e. The van der Waals surface area contributed by atoms with Gasteiger partial charge < -0.3 is 5.73 Å². The molecule has 0 saturated heterocycles. The second-order valence-corrected chi connectivity index (χ2v) is 4.99. The number of nitrogen functional groups attached to an aromatic ring is 1. The molecule has 6 heteroatoms. The van der Waals surface area contributed by atoms with Crippen LogP contribution >= 0.6 is 23.2 Å². The first-order valence-corrected chi connectivity index (χ1v) is 6.08. The van der Waals surface area contributed by atoms with Gasteiger partial charge in [-0.05, 0) is 25.0 Å². The number of nitrogens with one attached hydrogen (secondary N) is 1. The van der Waals surface area contributed by atoms with Gasteiger partial charge in [0.05, 0.1) is 15.7 Å². The number of nitrogens with zero attached hydrogens (tertiary/aromatic N) is 2. The van der Waals surface area contributed by atoms with Crippen LogP contribution in [0, 0.1) is 0 Å². The Bertz CT molecular complexity index is 552. The summed E-state index contributed by atoms with van der Waals surface area (Å²) in [6, 6.07) is 3.45. The van der Waals surface area contributed by atoms with E-state index >= 15 is 0 Å². The predicted octanol–water partition coefficient (Wildman–Crippen LogP) is 3.24. The number of halogens is 2. The van der Waals surface area contributed by atoms with E-state index in [1.54, 1.807) is 12.1 Å². The average Bonchev–Trinajstić information content (AvgIpc) is 3.04. The molecule has 1 saturated carbocycles. The molecule has 0 amide bonds. The highest BCUT2D eigenvalue weighted by Crippen LogP contribution is 2.39. The zero-order chi connectivity index (χ0) is 12.0. The molecule has 17 heavy (non-hydrogen) atoms. The zero-order valence-corrected chi connectivity index (χ0v) is 10.4. The molecule has 1 aliphatic rings. The highest BCUT2D eigenvalue weighted by Gasteiger charge is 2.27. The van der Waals surface area contributed by atoms with Crippen molar-refractivity contribution in [1.82, 2.24) is 15.2 Å². The fraction of sp³-hybridized carbons (Fsp3) is 0.273. The molecule has 0 spiro atoms. The van der Waals surface area contributed by atoms with E-state index in [1.165, 1.54) is 12.8 Å². The number of nitrogens with two attached hydrogens (primary N) is 1. The Balaban J connectivity index is 2.01. The minimum absolute atomic E-state index is 0.384. The normalized spacial score (nSPS) is 15.2. The number of aromatic nitrogens is 3. The second kappa shape index (κ2) is 3.89. The van der Waals surface area contributed by atoms with Gasteiger partial charge in [0.15, 0.2) is 5.82 Å². The number of rotatable bonds is 2. The third kappa shape index (κ3) is 1.98. The van der Waals surface area contributed by atoms with Crippen LogP contribution in [-0.2, 0) is 0 Å². The Morgan fingerprint density at radius 3 is 2.47 bits per heavy atom. The summed E-state index contributed by atoms with van der Waals surface area (Å²) in [5.41, 5.74) is 6.84. The molecule has 0 atom stereocenters. The highest BCUT2D eigenvalue weighted by molar-refractivity contribution is 6.39. The lowest BCUT2D eigenvalue weighted by Gasteiger charge is -2.03. The quantitative estimate of drug-likeness (QED) is 0.822. The maximum atomic E-state index is 5.98. The van der Waals surface area contributed by atoms with Crippen LogP contribution in [0.15, 0.2) is 12.1 Å². The molecular weight excluding hydrogens is 259 g/mol. The van der Waals surface area contributed by atoms with Gasteiger partial charge in [-0.3, -0.25) is 5.10 Å². The van der Waals surface area contributed by atoms with Gasteiger partial charge in [-0.25, -0.2) is 4.98 Å². The summed E-state index contributed by atoms with van der Waals surface area (Å²) in [5, 5.41) is 7.95. The minimum atomic E-state index is 0.384. The van der Waals surface area contributed by atoms with Crippen LogP contribution in [0.1, 0.15) is 24.6 Å². The van der Waals surface area contributed by atoms with Crippen molar-refractivity contribution >= 4 is 28.9 Å². The summed E-state index contributed by atoms with van der Waals surface area (Å²) in [6.45, 7) is 0. The molecule has 1 aromatic heterocycles. The van der Waals surface area contributed by atoms with Gasteiger partial charge in [-0.1, -0.05) is 23.2 Å². The van der Waals surface area contributed by atoms with Crippen LogP contribution < -0.4 is 5.73 Å². The number of benzene rings is 1. The third-order valence-corrected chi connectivity index (χ3v) is 3.43. The Kier molecular flexibility index (Phi) is 2.49. The van der Waals surface area contributed by atoms with Gasteiger partial charge >= 0.3 is 0 Å². The summed E-state index contributed by atoms with van der Waals surface area (Å²) in [6.07, 6.45) is 2.36. The van der Waals surface area contributed by atoms with Crippen molar-refractivity contribution in [3.05, 3.63) is 28.0 Å². The molecule has 0 bridgehead atoms. The van der Waals surface area contributed by atoms with E-state index in [9.17, 15) is 0 Å². The van der Waals surface area contributed by atoms with Gasteiger partial charge in [-0.2, -0.15) is 5.10 Å². The Hall–Kier alpha value is -1.26. The van der Waals surface area contributed by atoms with Gasteiger partial charge in [0, 0.05) is 11.5 Å². The molecule has 3 rings (SSSR count). The van der Waals surface area contributed by atoms with E-state index in [-0.39, 0.29) is 0 Å². The predicted molar refractivity (Wildman–Crippen MR) is 68.2 cm³/mol. The third-order valence-electron chi connectivity index (χ3n) is 2.80. The number of hydrogen-bond donors (Lipinski definition) is 2. The zero-order valence-electron chi connectivity index (χ0n) is 8.87. The van der Waals surface area contributed by atoms with Crippen LogP contribution in [0.25, 0.3) is 11.4 Å². The van der Waals surface area contributed by atoms with Crippen molar-refractivity contribution in [3.8, 4) is 11.4 Å². The molecule has 2 aromatic rings. The summed E-state index contributed by atoms with van der Waals surface area (Å²) < 4.78 is 0. The van der Waals surface area contributed by atoms with Crippen molar-refractivity contribution in [2.24, 2.45) is 0 Å². The van der Waals surface area contributed by atoms with Crippen molar-refractivity contribution in [3.63, 3.8) is 0 Å². The van der Waals surface area contributed by atoms with E-state index in [0.717, 1.165) is 11.4 Å². The largest absolute Gasteiger partial charge is 0.396 e. The number of hydrogen-bond acceptors (Lipinski definition) is 3. The Morgan fingerprint density at radius 1 is 1.24 bits per heavy atom.